The van der Waals surface area contributed by atoms with E-state index in [2.05, 4.69) is 4.98 Å². The van der Waals surface area contributed by atoms with Gasteiger partial charge >= 0.3 is 0 Å². The van der Waals surface area contributed by atoms with Gasteiger partial charge in [0, 0.05) is 13.1 Å². The van der Waals surface area contributed by atoms with Crippen molar-refractivity contribution in [1.29, 1.82) is 0 Å². The summed E-state index contributed by atoms with van der Waals surface area (Å²) in [4.78, 5) is 18.1. The first-order valence-corrected chi connectivity index (χ1v) is 5.93. The van der Waals surface area contributed by atoms with E-state index in [0.29, 0.717) is 0 Å². The van der Waals surface area contributed by atoms with Crippen molar-refractivity contribution in [3.63, 3.8) is 0 Å². The molecule has 1 aromatic rings. The lowest BCUT2D eigenvalue weighted by Gasteiger charge is -2.12. The highest BCUT2D eigenvalue weighted by molar-refractivity contribution is 7.11. The van der Waals surface area contributed by atoms with Gasteiger partial charge in [-0.25, -0.2) is 0 Å². The Balaban J connectivity index is 0.000000461. The minimum Gasteiger partial charge on any atom is -0.338 e. The van der Waals surface area contributed by atoms with Crippen molar-refractivity contribution in [3.8, 4) is 0 Å². The first-order valence-electron chi connectivity index (χ1n) is 5.06. The molecule has 1 saturated heterocycles. The lowest BCUT2D eigenvalue weighted by molar-refractivity contribution is 0.0797. The van der Waals surface area contributed by atoms with Gasteiger partial charge in [0.1, 0.15) is 4.88 Å². The number of carbonyl (C=O) groups excluding carboxylic acids is 1. The fourth-order valence-corrected chi connectivity index (χ4v) is 1.98. The standard InChI is InChI=1S/C8H10N2OS.C2H6/c11-8(7-5-9-6-12-7)10-3-1-2-4-10;1-2/h5-6H,1-4H2;1-2H3. The van der Waals surface area contributed by atoms with Gasteiger partial charge in [0.05, 0.1) is 11.7 Å². The molecule has 1 amide bonds. The number of amides is 1. The maximum atomic E-state index is 11.6. The fourth-order valence-electron chi connectivity index (χ4n) is 1.40. The molecule has 0 bridgehead atoms. The summed E-state index contributed by atoms with van der Waals surface area (Å²) in [6.45, 7) is 5.83. The zero-order valence-corrected chi connectivity index (χ0v) is 9.51. The molecule has 0 spiro atoms. The average molecular weight is 212 g/mol. The Kier molecular flexibility index (Phi) is 4.59. The van der Waals surface area contributed by atoms with Crippen LogP contribution < -0.4 is 0 Å². The van der Waals surface area contributed by atoms with Gasteiger partial charge in [-0.1, -0.05) is 13.8 Å². The highest BCUT2D eigenvalue weighted by atomic mass is 32.1. The Morgan fingerprint density at radius 2 is 2.07 bits per heavy atom. The van der Waals surface area contributed by atoms with E-state index in [0.717, 1.165) is 30.8 Å². The third-order valence-corrected chi connectivity index (χ3v) is 2.80. The zero-order valence-electron chi connectivity index (χ0n) is 8.69. The van der Waals surface area contributed by atoms with Gasteiger partial charge in [-0.05, 0) is 12.8 Å². The first kappa shape index (κ1) is 11.2. The van der Waals surface area contributed by atoms with Crippen LogP contribution in [0.4, 0.5) is 0 Å². The number of thiazole rings is 1. The molecule has 2 heterocycles. The summed E-state index contributed by atoms with van der Waals surface area (Å²) in [5.41, 5.74) is 1.70. The van der Waals surface area contributed by atoms with Gasteiger partial charge in [-0.2, -0.15) is 0 Å². The minimum absolute atomic E-state index is 0.148. The third-order valence-electron chi connectivity index (χ3n) is 2.04. The van der Waals surface area contributed by atoms with E-state index in [1.54, 1.807) is 11.7 Å². The van der Waals surface area contributed by atoms with Crippen molar-refractivity contribution in [1.82, 2.24) is 9.88 Å². The Morgan fingerprint density at radius 3 is 2.57 bits per heavy atom. The van der Waals surface area contributed by atoms with Gasteiger partial charge in [0.25, 0.3) is 5.91 Å². The molecular weight excluding hydrogens is 196 g/mol. The Hall–Kier alpha value is -0.900. The molecule has 14 heavy (non-hydrogen) atoms. The minimum atomic E-state index is 0.148. The van der Waals surface area contributed by atoms with Gasteiger partial charge in [0.15, 0.2) is 0 Å². The van der Waals surface area contributed by atoms with Gasteiger partial charge in [0.2, 0.25) is 0 Å². The Labute approximate surface area is 88.8 Å². The largest absolute Gasteiger partial charge is 0.338 e. The smallest absolute Gasteiger partial charge is 0.265 e. The molecule has 0 saturated carbocycles. The van der Waals surface area contributed by atoms with E-state index in [-0.39, 0.29) is 5.91 Å². The van der Waals surface area contributed by atoms with E-state index in [1.165, 1.54) is 11.3 Å². The summed E-state index contributed by atoms with van der Waals surface area (Å²) in [5.74, 6) is 0.148. The van der Waals surface area contributed by atoms with Crippen molar-refractivity contribution in [2.24, 2.45) is 0 Å². The number of hydrogen-bond donors (Lipinski definition) is 0. The van der Waals surface area contributed by atoms with Crippen molar-refractivity contribution in [2.75, 3.05) is 13.1 Å². The fraction of sp³-hybridized carbons (Fsp3) is 0.600. The molecule has 0 N–H and O–H groups in total. The molecular formula is C10H16N2OS. The summed E-state index contributed by atoms with van der Waals surface area (Å²) in [6, 6.07) is 0. The number of carbonyl (C=O) groups is 1. The average Bonchev–Trinajstić information content (AvgIpc) is 2.93. The third kappa shape index (κ3) is 2.54. The molecule has 1 fully saturated rings. The number of hydrogen-bond acceptors (Lipinski definition) is 3. The van der Waals surface area contributed by atoms with Crippen LogP contribution in [0.5, 0.6) is 0 Å². The monoisotopic (exact) mass is 212 g/mol. The van der Waals surface area contributed by atoms with E-state index in [9.17, 15) is 4.79 Å². The highest BCUT2D eigenvalue weighted by Gasteiger charge is 2.19. The molecule has 78 valence electrons. The number of rotatable bonds is 1. The van der Waals surface area contributed by atoms with Gasteiger partial charge in [-0.15, -0.1) is 11.3 Å². The maximum Gasteiger partial charge on any atom is 0.265 e. The highest BCUT2D eigenvalue weighted by Crippen LogP contribution is 2.14. The van der Waals surface area contributed by atoms with E-state index < -0.39 is 0 Å². The van der Waals surface area contributed by atoms with Crippen LogP contribution in [0, 0.1) is 0 Å². The predicted octanol–water partition coefficient (Wildman–Crippen LogP) is 2.41. The molecule has 0 unspecified atom stereocenters. The Bertz CT molecular complexity index is 266. The van der Waals surface area contributed by atoms with Crippen molar-refractivity contribution >= 4 is 17.2 Å². The van der Waals surface area contributed by atoms with Gasteiger partial charge in [-0.3, -0.25) is 9.78 Å². The lowest BCUT2D eigenvalue weighted by Crippen LogP contribution is -2.26. The number of likely N-dealkylation sites (tertiary alicyclic amines) is 1. The SMILES string of the molecule is CC.O=C(c1cncs1)N1CCCC1. The predicted molar refractivity (Wildman–Crippen MR) is 58.6 cm³/mol. The van der Waals surface area contributed by atoms with E-state index in [1.807, 2.05) is 18.7 Å². The van der Waals surface area contributed by atoms with Crippen LogP contribution >= 0.6 is 11.3 Å². The van der Waals surface area contributed by atoms with Gasteiger partial charge < -0.3 is 4.90 Å². The van der Waals surface area contributed by atoms with Crippen molar-refractivity contribution < 1.29 is 4.79 Å². The topological polar surface area (TPSA) is 33.2 Å². The van der Waals surface area contributed by atoms with E-state index >= 15 is 0 Å². The molecule has 0 radical (unpaired) electrons. The number of aromatic nitrogens is 1. The van der Waals surface area contributed by atoms with Crippen molar-refractivity contribution in [2.45, 2.75) is 26.7 Å². The van der Waals surface area contributed by atoms with Crippen LogP contribution in [0.3, 0.4) is 0 Å². The number of nitrogens with zero attached hydrogens (tertiary/aromatic N) is 2. The quantitative estimate of drug-likeness (QED) is 0.716. The molecule has 1 aromatic heterocycles. The first-order chi connectivity index (χ1) is 6.88. The van der Waals surface area contributed by atoms with Crippen LogP contribution in [-0.4, -0.2) is 28.9 Å². The summed E-state index contributed by atoms with van der Waals surface area (Å²) in [7, 11) is 0. The molecule has 4 heteroatoms. The maximum absolute atomic E-state index is 11.6. The molecule has 1 aliphatic heterocycles. The van der Waals surface area contributed by atoms with Crippen LogP contribution in [0.15, 0.2) is 11.7 Å². The molecule has 0 aromatic carbocycles. The Morgan fingerprint density at radius 1 is 1.43 bits per heavy atom. The summed E-state index contributed by atoms with van der Waals surface area (Å²) < 4.78 is 0. The van der Waals surface area contributed by atoms with Crippen LogP contribution in [0.25, 0.3) is 0 Å². The molecule has 0 aliphatic carbocycles. The zero-order chi connectivity index (χ0) is 10.4. The lowest BCUT2D eigenvalue weighted by atomic mass is 10.4. The molecule has 0 atom stereocenters. The summed E-state index contributed by atoms with van der Waals surface area (Å²) >= 11 is 1.42. The second kappa shape index (κ2) is 5.75. The summed E-state index contributed by atoms with van der Waals surface area (Å²) in [6.07, 6.45) is 3.93. The molecule has 2 rings (SSSR count). The van der Waals surface area contributed by atoms with Crippen LogP contribution in [0.1, 0.15) is 36.4 Å². The summed E-state index contributed by atoms with van der Waals surface area (Å²) in [5, 5.41) is 0. The van der Waals surface area contributed by atoms with Crippen LogP contribution in [0.2, 0.25) is 0 Å². The second-order valence-corrected chi connectivity index (χ2v) is 3.75. The van der Waals surface area contributed by atoms with E-state index in [4.69, 9.17) is 0 Å². The second-order valence-electron chi connectivity index (χ2n) is 2.86. The molecule has 1 aliphatic rings. The molecule has 3 nitrogen and oxygen atoms in total. The van der Waals surface area contributed by atoms with Crippen molar-refractivity contribution in [3.05, 3.63) is 16.6 Å². The van der Waals surface area contributed by atoms with Crippen LogP contribution in [-0.2, 0) is 0 Å². The normalized spacial score (nSPS) is 14.9.